The number of nitrogens with zero attached hydrogens (tertiary/aromatic N) is 4. The minimum Gasteiger partial charge on any atom is -0.371 e. The lowest BCUT2D eigenvalue weighted by atomic mass is 9.95. The maximum Gasteiger partial charge on any atom is 0.241 e. The van der Waals surface area contributed by atoms with Crippen molar-refractivity contribution in [3.05, 3.63) is 64.5 Å². The van der Waals surface area contributed by atoms with Crippen LogP contribution in [0.4, 0.5) is 5.69 Å². The van der Waals surface area contributed by atoms with E-state index in [-0.39, 0.29) is 17.9 Å². The zero-order valence-corrected chi connectivity index (χ0v) is 23.3. The zero-order chi connectivity index (χ0) is 25.8. The third-order valence-corrected chi connectivity index (χ3v) is 8.19. The van der Waals surface area contributed by atoms with E-state index in [0.29, 0.717) is 18.3 Å². The van der Waals surface area contributed by atoms with Crippen molar-refractivity contribution in [1.29, 1.82) is 0 Å². The number of likely N-dealkylation sites (tertiary alicyclic amines) is 1. The Morgan fingerprint density at radius 3 is 2.51 bits per heavy atom. The smallest absolute Gasteiger partial charge is 0.241 e. The van der Waals surface area contributed by atoms with Gasteiger partial charge in [-0.1, -0.05) is 40.1 Å². The number of halogens is 1. The molecule has 0 aliphatic carbocycles. The van der Waals surface area contributed by atoms with Gasteiger partial charge in [-0.25, -0.2) is 0 Å². The fraction of sp³-hybridized carbons (Fsp3) is 0.483. The fourth-order valence-corrected chi connectivity index (χ4v) is 5.66. The normalized spacial score (nSPS) is 20.1. The molecule has 5 rings (SSSR count). The number of benzene rings is 2. The van der Waals surface area contributed by atoms with Crippen LogP contribution in [0.15, 0.2) is 57.5 Å². The van der Waals surface area contributed by atoms with Crippen LogP contribution in [0, 0.1) is 11.8 Å². The molecule has 0 saturated carbocycles. The summed E-state index contributed by atoms with van der Waals surface area (Å²) >= 11 is 3.45. The Bertz CT molecular complexity index is 1170. The number of hydrogen-bond acceptors (Lipinski definition) is 6. The molecule has 196 valence electrons. The standard InChI is InChI=1S/C29H36BrN5O2/c1-20-4-3-15-35(18-20)26-11-7-22(8-12-26)21(2)31-29(36)24-13-16-34(17-14-24)19-27-32-28(33-37-27)23-5-9-25(30)10-6-23/h5-12,20-21,24H,3-4,13-19H2,1-2H3,(H,31,36). The Kier molecular flexibility index (Phi) is 8.25. The van der Waals surface area contributed by atoms with Gasteiger partial charge in [-0.05, 0) is 93.6 Å². The van der Waals surface area contributed by atoms with E-state index in [1.807, 2.05) is 24.3 Å². The Balaban J connectivity index is 1.08. The lowest BCUT2D eigenvalue weighted by Crippen LogP contribution is -2.41. The molecule has 3 aromatic rings. The van der Waals surface area contributed by atoms with Crippen molar-refractivity contribution < 1.29 is 9.32 Å². The van der Waals surface area contributed by atoms with Gasteiger partial charge in [0, 0.05) is 34.7 Å². The van der Waals surface area contributed by atoms with Crippen molar-refractivity contribution in [2.75, 3.05) is 31.1 Å². The number of carbonyl (C=O) groups is 1. The highest BCUT2D eigenvalue weighted by molar-refractivity contribution is 9.10. The van der Waals surface area contributed by atoms with Crippen LogP contribution in [0.25, 0.3) is 11.4 Å². The summed E-state index contributed by atoms with van der Waals surface area (Å²) in [5.74, 6) is 2.14. The molecular weight excluding hydrogens is 530 g/mol. The van der Waals surface area contributed by atoms with Gasteiger partial charge in [-0.15, -0.1) is 0 Å². The predicted molar refractivity (Wildman–Crippen MR) is 149 cm³/mol. The summed E-state index contributed by atoms with van der Waals surface area (Å²) in [6, 6.07) is 16.6. The third-order valence-electron chi connectivity index (χ3n) is 7.66. The second-order valence-corrected chi connectivity index (χ2v) is 11.5. The summed E-state index contributed by atoms with van der Waals surface area (Å²) in [7, 11) is 0. The largest absolute Gasteiger partial charge is 0.371 e. The van der Waals surface area contributed by atoms with Gasteiger partial charge < -0.3 is 14.7 Å². The number of nitrogens with one attached hydrogen (secondary N) is 1. The summed E-state index contributed by atoms with van der Waals surface area (Å²) < 4.78 is 6.50. The van der Waals surface area contributed by atoms with E-state index in [2.05, 4.69) is 79.3 Å². The molecule has 1 aromatic heterocycles. The number of aromatic nitrogens is 2. The Morgan fingerprint density at radius 2 is 1.81 bits per heavy atom. The minimum atomic E-state index is -0.00437. The van der Waals surface area contributed by atoms with Crippen molar-refractivity contribution in [2.45, 2.75) is 52.1 Å². The van der Waals surface area contributed by atoms with Crippen molar-refractivity contribution in [2.24, 2.45) is 11.8 Å². The second kappa shape index (κ2) is 11.8. The summed E-state index contributed by atoms with van der Waals surface area (Å²) in [5, 5.41) is 7.37. The number of rotatable bonds is 7. The number of hydrogen-bond donors (Lipinski definition) is 1. The van der Waals surface area contributed by atoms with Crippen molar-refractivity contribution in [3.8, 4) is 11.4 Å². The van der Waals surface area contributed by atoms with E-state index < -0.39 is 0 Å². The summed E-state index contributed by atoms with van der Waals surface area (Å²) in [6.45, 7) is 8.95. The maximum atomic E-state index is 13.0. The first-order valence-corrected chi connectivity index (χ1v) is 14.2. The molecule has 37 heavy (non-hydrogen) atoms. The van der Waals surface area contributed by atoms with E-state index in [9.17, 15) is 4.79 Å². The summed E-state index contributed by atoms with van der Waals surface area (Å²) in [6.07, 6.45) is 4.24. The Labute approximate surface area is 227 Å². The summed E-state index contributed by atoms with van der Waals surface area (Å²) in [5.41, 5.74) is 3.36. The van der Waals surface area contributed by atoms with E-state index in [1.54, 1.807) is 0 Å². The van der Waals surface area contributed by atoms with Crippen LogP contribution >= 0.6 is 15.9 Å². The molecular formula is C29H36BrN5O2. The molecule has 0 bridgehead atoms. The molecule has 2 unspecified atom stereocenters. The van der Waals surface area contributed by atoms with Crippen LogP contribution in [-0.2, 0) is 11.3 Å². The van der Waals surface area contributed by atoms with E-state index in [1.165, 1.54) is 18.5 Å². The second-order valence-electron chi connectivity index (χ2n) is 10.6. The molecule has 8 heteroatoms. The van der Waals surface area contributed by atoms with Crippen LogP contribution in [0.5, 0.6) is 0 Å². The van der Waals surface area contributed by atoms with Gasteiger partial charge in [0.05, 0.1) is 12.6 Å². The van der Waals surface area contributed by atoms with Gasteiger partial charge in [-0.3, -0.25) is 9.69 Å². The molecule has 7 nitrogen and oxygen atoms in total. The number of carbonyl (C=O) groups excluding carboxylic acids is 1. The molecule has 2 atom stereocenters. The van der Waals surface area contributed by atoms with Crippen LogP contribution < -0.4 is 10.2 Å². The van der Waals surface area contributed by atoms with Gasteiger partial charge in [0.2, 0.25) is 17.6 Å². The third kappa shape index (κ3) is 6.60. The van der Waals surface area contributed by atoms with E-state index >= 15 is 0 Å². The fourth-order valence-electron chi connectivity index (χ4n) is 5.39. The Hall–Kier alpha value is -2.71. The first-order chi connectivity index (χ1) is 17.9. The number of amides is 1. The first-order valence-electron chi connectivity index (χ1n) is 13.4. The first kappa shape index (κ1) is 25.9. The minimum absolute atomic E-state index is 0.00437. The average Bonchev–Trinajstić information content (AvgIpc) is 3.38. The van der Waals surface area contributed by atoms with Crippen LogP contribution in [-0.4, -0.2) is 47.1 Å². The van der Waals surface area contributed by atoms with Crippen molar-refractivity contribution >= 4 is 27.5 Å². The SMILES string of the molecule is CC1CCCN(c2ccc(C(C)NC(=O)C3CCN(Cc4nc(-c5ccc(Br)cc5)no4)CC3)cc2)C1. The van der Waals surface area contributed by atoms with Crippen molar-refractivity contribution in [1.82, 2.24) is 20.4 Å². The zero-order valence-electron chi connectivity index (χ0n) is 21.7. The van der Waals surface area contributed by atoms with Gasteiger partial charge in [0.1, 0.15) is 0 Å². The molecule has 0 spiro atoms. The number of anilines is 1. The molecule has 3 heterocycles. The van der Waals surface area contributed by atoms with Gasteiger partial charge in [0.15, 0.2) is 0 Å². The monoisotopic (exact) mass is 565 g/mol. The highest BCUT2D eigenvalue weighted by Crippen LogP contribution is 2.26. The average molecular weight is 567 g/mol. The van der Waals surface area contributed by atoms with E-state index in [4.69, 9.17) is 4.52 Å². The quantitative estimate of drug-likeness (QED) is 0.388. The molecule has 1 amide bonds. The number of piperidine rings is 2. The molecule has 2 aliphatic rings. The molecule has 2 aromatic carbocycles. The maximum absolute atomic E-state index is 13.0. The molecule has 2 fully saturated rings. The van der Waals surface area contributed by atoms with E-state index in [0.717, 1.165) is 60.5 Å². The Morgan fingerprint density at radius 1 is 1.08 bits per heavy atom. The van der Waals surface area contributed by atoms with Gasteiger partial charge >= 0.3 is 0 Å². The lowest BCUT2D eigenvalue weighted by Gasteiger charge is -2.33. The molecule has 0 radical (unpaired) electrons. The van der Waals surface area contributed by atoms with Crippen LogP contribution in [0.2, 0.25) is 0 Å². The van der Waals surface area contributed by atoms with Crippen LogP contribution in [0.1, 0.15) is 57.0 Å². The van der Waals surface area contributed by atoms with Gasteiger partial charge in [0.25, 0.3) is 0 Å². The predicted octanol–water partition coefficient (Wildman–Crippen LogP) is 5.82. The lowest BCUT2D eigenvalue weighted by molar-refractivity contribution is -0.127. The molecule has 2 aliphatic heterocycles. The van der Waals surface area contributed by atoms with Gasteiger partial charge in [-0.2, -0.15) is 4.98 Å². The highest BCUT2D eigenvalue weighted by Gasteiger charge is 2.27. The highest BCUT2D eigenvalue weighted by atomic mass is 79.9. The van der Waals surface area contributed by atoms with Crippen LogP contribution in [0.3, 0.4) is 0 Å². The van der Waals surface area contributed by atoms with Crippen molar-refractivity contribution in [3.63, 3.8) is 0 Å². The summed E-state index contributed by atoms with van der Waals surface area (Å²) in [4.78, 5) is 22.3. The topological polar surface area (TPSA) is 74.5 Å². The molecule has 2 saturated heterocycles. The molecule has 1 N–H and O–H groups in total.